The second-order valence-electron chi connectivity index (χ2n) is 4.33. The highest BCUT2D eigenvalue weighted by atomic mass is 16.4. The Morgan fingerprint density at radius 3 is 2.65 bits per heavy atom. The summed E-state index contributed by atoms with van der Waals surface area (Å²) in [4.78, 5) is 12.9. The average Bonchev–Trinajstić information content (AvgIpc) is 2.28. The summed E-state index contributed by atoms with van der Waals surface area (Å²) in [6.45, 7) is 4.27. The van der Waals surface area contributed by atoms with Crippen molar-refractivity contribution in [2.45, 2.75) is 32.7 Å². The minimum atomic E-state index is -0.951. The lowest BCUT2D eigenvalue weighted by molar-refractivity contribution is 0.0697. The largest absolute Gasteiger partial charge is 0.478 e. The number of nitrogen functional groups attached to an aromatic ring is 1. The molecule has 1 rings (SSSR count). The van der Waals surface area contributed by atoms with E-state index in [2.05, 4.69) is 18.7 Å². The molecule has 1 atom stereocenters. The van der Waals surface area contributed by atoms with Crippen LogP contribution < -0.4 is 10.6 Å². The van der Waals surface area contributed by atoms with Crippen LogP contribution in [-0.4, -0.2) is 24.2 Å². The predicted molar refractivity (Wildman–Crippen MR) is 70.6 cm³/mol. The molecule has 3 N–H and O–H groups in total. The van der Waals surface area contributed by atoms with Crippen molar-refractivity contribution in [3.05, 3.63) is 23.8 Å². The van der Waals surface area contributed by atoms with Gasteiger partial charge in [-0.2, -0.15) is 0 Å². The van der Waals surface area contributed by atoms with Crippen molar-refractivity contribution in [2.24, 2.45) is 0 Å². The summed E-state index contributed by atoms with van der Waals surface area (Å²) in [6.07, 6.45) is 2.19. The summed E-state index contributed by atoms with van der Waals surface area (Å²) in [5, 5.41) is 8.86. The molecule has 0 aliphatic heterocycles. The van der Waals surface area contributed by atoms with E-state index in [1.165, 1.54) is 6.07 Å². The quantitative estimate of drug-likeness (QED) is 0.771. The number of nitrogens with zero attached hydrogens (tertiary/aromatic N) is 1. The molecular weight excluding hydrogens is 216 g/mol. The molecule has 4 heteroatoms. The molecule has 4 nitrogen and oxygen atoms in total. The third kappa shape index (κ3) is 3.12. The number of hydrogen-bond acceptors (Lipinski definition) is 3. The Morgan fingerprint density at radius 2 is 2.18 bits per heavy atom. The summed E-state index contributed by atoms with van der Waals surface area (Å²) in [6, 6.07) is 5.25. The van der Waals surface area contributed by atoms with Crippen LogP contribution in [0.15, 0.2) is 18.2 Å². The highest BCUT2D eigenvalue weighted by Gasteiger charge is 2.13. The second-order valence-corrected chi connectivity index (χ2v) is 4.33. The third-order valence-electron chi connectivity index (χ3n) is 3.02. The smallest absolute Gasteiger partial charge is 0.335 e. The van der Waals surface area contributed by atoms with Crippen LogP contribution in [0.1, 0.15) is 37.0 Å². The van der Waals surface area contributed by atoms with Crippen molar-refractivity contribution in [3.63, 3.8) is 0 Å². The van der Waals surface area contributed by atoms with Crippen molar-refractivity contribution >= 4 is 17.3 Å². The van der Waals surface area contributed by atoms with Crippen molar-refractivity contribution in [1.82, 2.24) is 0 Å². The molecule has 0 aromatic heterocycles. The summed E-state index contributed by atoms with van der Waals surface area (Å²) in [5.74, 6) is -0.951. The van der Waals surface area contributed by atoms with Crippen molar-refractivity contribution in [1.29, 1.82) is 0 Å². The van der Waals surface area contributed by atoms with Crippen molar-refractivity contribution < 1.29 is 9.90 Å². The SMILES string of the molecule is CCCC(C)N(C)c1ccc(C(=O)O)cc1N. The van der Waals surface area contributed by atoms with Crippen LogP contribution in [0.3, 0.4) is 0 Å². The zero-order chi connectivity index (χ0) is 13.0. The van der Waals surface area contributed by atoms with Gasteiger partial charge in [0.25, 0.3) is 0 Å². The number of nitrogens with two attached hydrogens (primary N) is 1. The molecule has 1 aromatic carbocycles. The number of aromatic carboxylic acids is 1. The van der Waals surface area contributed by atoms with Gasteiger partial charge in [0.05, 0.1) is 16.9 Å². The lowest BCUT2D eigenvalue weighted by Crippen LogP contribution is -2.29. The summed E-state index contributed by atoms with van der Waals surface area (Å²) < 4.78 is 0. The Bertz CT molecular complexity index is 404. The number of hydrogen-bond donors (Lipinski definition) is 2. The molecule has 1 aromatic rings. The first-order valence-electron chi connectivity index (χ1n) is 5.83. The number of carbonyl (C=O) groups is 1. The zero-order valence-electron chi connectivity index (χ0n) is 10.6. The number of carboxylic acids is 1. The highest BCUT2D eigenvalue weighted by Crippen LogP contribution is 2.26. The van der Waals surface area contributed by atoms with Gasteiger partial charge in [0.1, 0.15) is 0 Å². The monoisotopic (exact) mass is 236 g/mol. The van der Waals surface area contributed by atoms with Gasteiger partial charge in [-0.3, -0.25) is 0 Å². The molecule has 0 spiro atoms. The molecule has 0 fully saturated rings. The molecule has 0 aliphatic rings. The maximum absolute atomic E-state index is 10.8. The normalized spacial score (nSPS) is 12.2. The Kier molecular flexibility index (Phi) is 4.37. The first kappa shape index (κ1) is 13.4. The third-order valence-corrected chi connectivity index (χ3v) is 3.02. The van der Waals surface area contributed by atoms with E-state index >= 15 is 0 Å². The predicted octanol–water partition coefficient (Wildman–Crippen LogP) is 2.59. The first-order valence-corrected chi connectivity index (χ1v) is 5.83. The van der Waals surface area contributed by atoms with Crippen LogP contribution in [0.25, 0.3) is 0 Å². The Hall–Kier alpha value is -1.71. The van der Waals surface area contributed by atoms with Crippen LogP contribution in [0.4, 0.5) is 11.4 Å². The van der Waals surface area contributed by atoms with Crippen LogP contribution >= 0.6 is 0 Å². The summed E-state index contributed by atoms with van der Waals surface area (Å²) in [7, 11) is 1.98. The van der Waals surface area contributed by atoms with Gasteiger partial charge in [-0.25, -0.2) is 4.79 Å². The van der Waals surface area contributed by atoms with E-state index in [0.29, 0.717) is 11.7 Å². The molecule has 0 heterocycles. The van der Waals surface area contributed by atoms with Crippen LogP contribution in [-0.2, 0) is 0 Å². The van der Waals surface area contributed by atoms with E-state index < -0.39 is 5.97 Å². The molecular formula is C13H20N2O2. The maximum atomic E-state index is 10.8. The highest BCUT2D eigenvalue weighted by molar-refractivity contribution is 5.90. The van der Waals surface area contributed by atoms with Gasteiger partial charge in [-0.1, -0.05) is 13.3 Å². The molecule has 0 saturated carbocycles. The fourth-order valence-electron chi connectivity index (χ4n) is 1.86. The van der Waals surface area contributed by atoms with Gasteiger partial charge in [0.2, 0.25) is 0 Å². The molecule has 0 saturated heterocycles. The van der Waals surface area contributed by atoms with Gasteiger partial charge < -0.3 is 15.7 Å². The lowest BCUT2D eigenvalue weighted by atomic mass is 10.1. The molecule has 0 aliphatic carbocycles. The lowest BCUT2D eigenvalue weighted by Gasteiger charge is -2.28. The van der Waals surface area contributed by atoms with Gasteiger partial charge in [0, 0.05) is 13.1 Å². The van der Waals surface area contributed by atoms with Crippen LogP contribution in [0.2, 0.25) is 0 Å². The molecule has 17 heavy (non-hydrogen) atoms. The molecule has 0 bridgehead atoms. The van der Waals surface area contributed by atoms with Crippen LogP contribution in [0, 0.1) is 0 Å². The number of anilines is 2. The summed E-state index contributed by atoms with van der Waals surface area (Å²) in [5.41, 5.74) is 7.51. The van der Waals surface area contributed by atoms with Crippen molar-refractivity contribution in [3.8, 4) is 0 Å². The molecule has 1 unspecified atom stereocenters. The standard InChI is InChI=1S/C13H20N2O2/c1-4-5-9(2)15(3)12-7-6-10(13(16)17)8-11(12)14/h6-9H,4-5,14H2,1-3H3,(H,16,17). The fourth-order valence-corrected chi connectivity index (χ4v) is 1.86. The Balaban J connectivity index is 2.95. The molecule has 94 valence electrons. The topological polar surface area (TPSA) is 66.6 Å². The van der Waals surface area contributed by atoms with E-state index in [1.807, 2.05) is 7.05 Å². The number of rotatable bonds is 5. The van der Waals surface area contributed by atoms with E-state index in [1.54, 1.807) is 12.1 Å². The minimum Gasteiger partial charge on any atom is -0.478 e. The maximum Gasteiger partial charge on any atom is 0.335 e. The first-order chi connectivity index (χ1) is 7.97. The fraction of sp³-hybridized carbons (Fsp3) is 0.462. The Morgan fingerprint density at radius 1 is 1.53 bits per heavy atom. The summed E-state index contributed by atoms with van der Waals surface area (Å²) >= 11 is 0. The van der Waals surface area contributed by atoms with E-state index in [-0.39, 0.29) is 5.56 Å². The van der Waals surface area contributed by atoms with Gasteiger partial charge in [-0.15, -0.1) is 0 Å². The van der Waals surface area contributed by atoms with E-state index in [9.17, 15) is 4.79 Å². The Labute approximate surface area is 102 Å². The van der Waals surface area contributed by atoms with E-state index in [0.717, 1.165) is 18.5 Å². The molecule has 0 radical (unpaired) electrons. The zero-order valence-corrected chi connectivity index (χ0v) is 10.6. The van der Waals surface area contributed by atoms with Gasteiger partial charge >= 0.3 is 5.97 Å². The second kappa shape index (κ2) is 5.57. The van der Waals surface area contributed by atoms with Gasteiger partial charge in [-0.05, 0) is 31.5 Å². The van der Waals surface area contributed by atoms with Crippen molar-refractivity contribution in [2.75, 3.05) is 17.7 Å². The number of benzene rings is 1. The van der Waals surface area contributed by atoms with Crippen LogP contribution in [0.5, 0.6) is 0 Å². The van der Waals surface area contributed by atoms with E-state index in [4.69, 9.17) is 10.8 Å². The van der Waals surface area contributed by atoms with Gasteiger partial charge in [0.15, 0.2) is 0 Å². The minimum absolute atomic E-state index is 0.225. The number of carboxylic acid groups (broad SMARTS) is 1. The molecule has 0 amide bonds. The average molecular weight is 236 g/mol.